The van der Waals surface area contributed by atoms with Gasteiger partial charge < -0.3 is 15.5 Å². The van der Waals surface area contributed by atoms with Gasteiger partial charge in [-0.25, -0.2) is 0 Å². The summed E-state index contributed by atoms with van der Waals surface area (Å²) in [5, 5.41) is 21.7. The Balaban J connectivity index is 2.03. The number of hydrogen-bond donors (Lipinski definition) is 3. The number of anilines is 1. The normalized spacial score (nSPS) is 20.8. The van der Waals surface area contributed by atoms with Crippen molar-refractivity contribution in [2.45, 2.75) is 58.2 Å². The number of hydrogen-bond acceptors (Lipinski definition) is 3. The standard InChI is InChI=1S/C19H26F3NO3/c1-2-14-15(11-24)17(8-7-16(14)19(20,21)22)23-10-13-5-3-12(4-6-13)9-18(25)26/h7-8,12-13,23-24H,2-6,9-11H2,1H3,(H,25,26). The summed E-state index contributed by atoms with van der Waals surface area (Å²) in [5.41, 5.74) is 0.297. The molecule has 0 aliphatic heterocycles. The molecule has 0 atom stereocenters. The van der Waals surface area contributed by atoms with Gasteiger partial charge in [-0.15, -0.1) is 0 Å². The van der Waals surface area contributed by atoms with Crippen molar-refractivity contribution in [2.24, 2.45) is 11.8 Å². The smallest absolute Gasteiger partial charge is 0.416 e. The van der Waals surface area contributed by atoms with Crippen molar-refractivity contribution in [3.05, 3.63) is 28.8 Å². The lowest BCUT2D eigenvalue weighted by Gasteiger charge is -2.28. The van der Waals surface area contributed by atoms with E-state index in [0.29, 0.717) is 23.7 Å². The molecule has 0 bridgehead atoms. The maximum absolute atomic E-state index is 13.1. The Hall–Kier alpha value is -1.76. The van der Waals surface area contributed by atoms with Crippen LogP contribution < -0.4 is 5.32 Å². The zero-order valence-electron chi connectivity index (χ0n) is 14.9. The van der Waals surface area contributed by atoms with E-state index in [-0.39, 0.29) is 24.3 Å². The third-order valence-corrected chi connectivity index (χ3v) is 5.26. The second kappa shape index (κ2) is 8.75. The van der Waals surface area contributed by atoms with Crippen LogP contribution in [0.5, 0.6) is 0 Å². The first-order chi connectivity index (χ1) is 12.3. The number of aliphatic hydroxyl groups is 1. The minimum Gasteiger partial charge on any atom is -0.481 e. The van der Waals surface area contributed by atoms with Gasteiger partial charge in [0.25, 0.3) is 0 Å². The van der Waals surface area contributed by atoms with E-state index in [9.17, 15) is 23.1 Å². The van der Waals surface area contributed by atoms with E-state index in [2.05, 4.69) is 5.32 Å². The molecule has 26 heavy (non-hydrogen) atoms. The van der Waals surface area contributed by atoms with E-state index in [1.807, 2.05) is 0 Å². The second-order valence-electron chi connectivity index (χ2n) is 6.99. The highest BCUT2D eigenvalue weighted by Crippen LogP contribution is 2.37. The van der Waals surface area contributed by atoms with Crippen molar-refractivity contribution >= 4 is 11.7 Å². The van der Waals surface area contributed by atoms with Crippen LogP contribution in [0.4, 0.5) is 18.9 Å². The summed E-state index contributed by atoms with van der Waals surface area (Å²) in [6.45, 7) is 1.82. The van der Waals surface area contributed by atoms with Crippen molar-refractivity contribution in [3.8, 4) is 0 Å². The number of nitrogens with one attached hydrogen (secondary N) is 1. The predicted molar refractivity (Wildman–Crippen MR) is 92.9 cm³/mol. The van der Waals surface area contributed by atoms with Crippen LogP contribution in [-0.2, 0) is 24.0 Å². The fraction of sp³-hybridized carbons (Fsp3) is 0.632. The summed E-state index contributed by atoms with van der Waals surface area (Å²) >= 11 is 0. The topological polar surface area (TPSA) is 69.6 Å². The average Bonchev–Trinajstić information content (AvgIpc) is 2.58. The number of rotatable bonds is 7. The van der Waals surface area contributed by atoms with Crippen LogP contribution in [0.3, 0.4) is 0 Å². The van der Waals surface area contributed by atoms with Crippen LogP contribution in [0.25, 0.3) is 0 Å². The second-order valence-corrected chi connectivity index (χ2v) is 6.99. The monoisotopic (exact) mass is 373 g/mol. The van der Waals surface area contributed by atoms with E-state index in [1.54, 1.807) is 6.92 Å². The van der Waals surface area contributed by atoms with Gasteiger partial charge >= 0.3 is 12.1 Å². The number of carbonyl (C=O) groups is 1. The van der Waals surface area contributed by atoms with Gasteiger partial charge in [0.1, 0.15) is 0 Å². The van der Waals surface area contributed by atoms with Crippen LogP contribution in [0, 0.1) is 11.8 Å². The van der Waals surface area contributed by atoms with Gasteiger partial charge in [-0.3, -0.25) is 4.79 Å². The van der Waals surface area contributed by atoms with Crippen molar-refractivity contribution < 1.29 is 28.2 Å². The molecule has 1 aromatic carbocycles. The summed E-state index contributed by atoms with van der Waals surface area (Å²) in [4.78, 5) is 10.8. The van der Waals surface area contributed by atoms with Gasteiger partial charge in [-0.2, -0.15) is 13.2 Å². The average molecular weight is 373 g/mol. The summed E-state index contributed by atoms with van der Waals surface area (Å²) < 4.78 is 39.4. The molecule has 7 heteroatoms. The molecular weight excluding hydrogens is 347 g/mol. The molecule has 1 aliphatic carbocycles. The van der Waals surface area contributed by atoms with E-state index in [1.165, 1.54) is 6.07 Å². The molecule has 146 valence electrons. The number of halogens is 3. The first kappa shape index (κ1) is 20.6. The first-order valence-electron chi connectivity index (χ1n) is 9.04. The highest BCUT2D eigenvalue weighted by atomic mass is 19.4. The molecule has 0 aromatic heterocycles. The Morgan fingerprint density at radius 3 is 2.27 bits per heavy atom. The van der Waals surface area contributed by atoms with Crippen LogP contribution in [0.2, 0.25) is 0 Å². The van der Waals surface area contributed by atoms with Crippen LogP contribution in [-0.4, -0.2) is 22.7 Å². The molecule has 0 radical (unpaired) electrons. The van der Waals surface area contributed by atoms with Gasteiger partial charge in [-0.1, -0.05) is 6.92 Å². The molecular formula is C19H26F3NO3. The molecule has 0 unspecified atom stereocenters. The Bertz CT molecular complexity index is 623. The highest BCUT2D eigenvalue weighted by Gasteiger charge is 2.34. The molecule has 4 nitrogen and oxygen atoms in total. The summed E-state index contributed by atoms with van der Waals surface area (Å²) in [7, 11) is 0. The quantitative estimate of drug-likeness (QED) is 0.660. The molecule has 1 fully saturated rings. The summed E-state index contributed by atoms with van der Waals surface area (Å²) in [6, 6.07) is 2.47. The first-order valence-corrected chi connectivity index (χ1v) is 9.04. The van der Waals surface area contributed by atoms with Gasteiger partial charge in [-0.05, 0) is 61.6 Å². The zero-order chi connectivity index (χ0) is 19.3. The Kier molecular flexibility index (Phi) is 6.92. The Morgan fingerprint density at radius 2 is 1.77 bits per heavy atom. The molecule has 0 saturated heterocycles. The molecule has 1 aromatic rings. The lowest BCUT2D eigenvalue weighted by molar-refractivity contribution is -0.139. The number of alkyl halides is 3. The van der Waals surface area contributed by atoms with E-state index in [4.69, 9.17) is 5.11 Å². The minimum absolute atomic E-state index is 0.134. The molecule has 0 heterocycles. The van der Waals surface area contributed by atoms with Gasteiger partial charge in [0.05, 0.1) is 12.2 Å². The van der Waals surface area contributed by atoms with Crippen molar-refractivity contribution in [2.75, 3.05) is 11.9 Å². The van der Waals surface area contributed by atoms with E-state index >= 15 is 0 Å². The molecule has 0 amide bonds. The lowest BCUT2D eigenvalue weighted by atomic mass is 9.80. The Labute approximate surface area is 151 Å². The zero-order valence-corrected chi connectivity index (χ0v) is 14.9. The van der Waals surface area contributed by atoms with Crippen molar-refractivity contribution in [1.29, 1.82) is 0 Å². The highest BCUT2D eigenvalue weighted by molar-refractivity contribution is 5.67. The molecule has 2 rings (SSSR count). The predicted octanol–water partition coefficient (Wildman–Crippen LogP) is 4.45. The Morgan fingerprint density at radius 1 is 1.15 bits per heavy atom. The molecule has 0 spiro atoms. The van der Waals surface area contributed by atoms with Crippen LogP contribution in [0.15, 0.2) is 12.1 Å². The number of aliphatic hydroxyl groups excluding tert-OH is 1. The largest absolute Gasteiger partial charge is 0.481 e. The molecule has 1 aliphatic rings. The van der Waals surface area contributed by atoms with Gasteiger partial charge in [0, 0.05) is 24.2 Å². The van der Waals surface area contributed by atoms with Crippen molar-refractivity contribution in [3.63, 3.8) is 0 Å². The third kappa shape index (κ3) is 5.13. The number of aliphatic carboxylic acids is 1. The number of carboxylic acids is 1. The number of carboxylic acid groups (broad SMARTS) is 1. The maximum Gasteiger partial charge on any atom is 0.416 e. The van der Waals surface area contributed by atoms with Gasteiger partial charge in [0.2, 0.25) is 0 Å². The summed E-state index contributed by atoms with van der Waals surface area (Å²) in [5.74, 6) is -0.190. The van der Waals surface area contributed by atoms with Crippen molar-refractivity contribution in [1.82, 2.24) is 0 Å². The molecule has 1 saturated carbocycles. The molecule has 3 N–H and O–H groups in total. The van der Waals surface area contributed by atoms with Crippen LogP contribution >= 0.6 is 0 Å². The van der Waals surface area contributed by atoms with Crippen LogP contribution in [0.1, 0.15) is 55.7 Å². The van der Waals surface area contributed by atoms with E-state index in [0.717, 1.165) is 31.7 Å². The SMILES string of the molecule is CCc1c(C(F)(F)F)ccc(NCC2CCC(CC(=O)O)CC2)c1CO. The fourth-order valence-corrected chi connectivity index (χ4v) is 3.85. The third-order valence-electron chi connectivity index (χ3n) is 5.26. The maximum atomic E-state index is 13.1. The fourth-order valence-electron chi connectivity index (χ4n) is 3.85. The van der Waals surface area contributed by atoms with E-state index < -0.39 is 24.3 Å². The number of benzene rings is 1. The lowest BCUT2D eigenvalue weighted by Crippen LogP contribution is -2.23. The minimum atomic E-state index is -4.43. The summed E-state index contributed by atoms with van der Waals surface area (Å²) in [6.07, 6.45) is -0.511. The van der Waals surface area contributed by atoms with Gasteiger partial charge in [0.15, 0.2) is 0 Å².